The van der Waals surface area contributed by atoms with Crippen LogP contribution in [0.25, 0.3) is 0 Å². The number of hydrogen-bond acceptors (Lipinski definition) is 6. The minimum absolute atomic E-state index is 0.0930. The molecule has 1 fully saturated rings. The van der Waals surface area contributed by atoms with Gasteiger partial charge in [0.2, 0.25) is 0 Å². The Hall–Kier alpha value is -1.56. The van der Waals surface area contributed by atoms with E-state index in [1.807, 2.05) is 0 Å². The third-order valence-electron chi connectivity index (χ3n) is 2.61. The van der Waals surface area contributed by atoms with E-state index >= 15 is 0 Å². The summed E-state index contributed by atoms with van der Waals surface area (Å²) >= 11 is 9.74. The Balaban J connectivity index is 2.36. The highest BCUT2D eigenvalue weighted by Gasteiger charge is 2.26. The Labute approximate surface area is 146 Å². The molecule has 22 heavy (non-hydrogen) atoms. The molecule has 0 unspecified atom stereocenters. The maximum atomic E-state index is 11.7. The van der Waals surface area contributed by atoms with Crippen LogP contribution in [0.2, 0.25) is 0 Å². The van der Waals surface area contributed by atoms with Crippen molar-refractivity contribution in [2.45, 2.75) is 0 Å². The molecule has 8 heteroatoms. The molecule has 1 aromatic carbocycles. The van der Waals surface area contributed by atoms with E-state index in [9.17, 15) is 4.79 Å². The summed E-state index contributed by atoms with van der Waals surface area (Å²) < 4.78 is 12.0. The van der Waals surface area contributed by atoms with Gasteiger partial charge in [-0.2, -0.15) is 10.1 Å². The van der Waals surface area contributed by atoms with Crippen LogP contribution in [0.3, 0.4) is 0 Å². The number of hydrazone groups is 1. The number of benzene rings is 1. The first-order chi connectivity index (χ1) is 10.6. The molecule has 1 amide bonds. The fraction of sp³-hybridized carbons (Fsp3) is 0.214. The second kappa shape index (κ2) is 7.63. The van der Waals surface area contributed by atoms with Crippen LogP contribution >= 0.6 is 39.9 Å². The standard InChI is InChI=1S/C14H11BrN2O3S2/c1-3-4-20-13-9(5-10(15)6-11(13)19-2)7-16-17-12(18)8-22-14(17)21/h1,5-7H,4,8H2,2H3/b16-7+. The van der Waals surface area contributed by atoms with Gasteiger partial charge in [-0.05, 0) is 12.1 Å². The summed E-state index contributed by atoms with van der Waals surface area (Å²) in [5.74, 6) is 3.51. The van der Waals surface area contributed by atoms with Gasteiger partial charge in [0, 0.05) is 10.0 Å². The van der Waals surface area contributed by atoms with E-state index in [1.54, 1.807) is 12.1 Å². The molecule has 0 bridgehead atoms. The van der Waals surface area contributed by atoms with Crippen LogP contribution in [0.5, 0.6) is 11.5 Å². The molecule has 0 atom stereocenters. The van der Waals surface area contributed by atoms with E-state index in [0.29, 0.717) is 27.1 Å². The zero-order valence-electron chi connectivity index (χ0n) is 11.5. The number of halogens is 1. The van der Waals surface area contributed by atoms with E-state index in [0.717, 1.165) is 4.47 Å². The summed E-state index contributed by atoms with van der Waals surface area (Å²) in [7, 11) is 1.53. The van der Waals surface area contributed by atoms with Gasteiger partial charge in [0.1, 0.15) is 6.61 Å². The fourth-order valence-electron chi connectivity index (χ4n) is 1.68. The molecule has 0 N–H and O–H groups in total. The Kier molecular flexibility index (Phi) is 5.83. The predicted molar refractivity (Wildman–Crippen MR) is 94.5 cm³/mol. The average molecular weight is 399 g/mol. The maximum Gasteiger partial charge on any atom is 0.259 e. The second-order valence-corrected chi connectivity index (χ2v) is 6.55. The molecule has 114 valence electrons. The summed E-state index contributed by atoms with van der Waals surface area (Å²) in [6, 6.07) is 3.54. The Morgan fingerprint density at radius 2 is 2.41 bits per heavy atom. The summed E-state index contributed by atoms with van der Waals surface area (Å²) in [5.41, 5.74) is 0.619. The Morgan fingerprint density at radius 1 is 1.64 bits per heavy atom. The van der Waals surface area contributed by atoms with Crippen LogP contribution in [0.4, 0.5) is 0 Å². The second-order valence-electron chi connectivity index (χ2n) is 4.02. The Morgan fingerprint density at radius 3 is 3.00 bits per heavy atom. The van der Waals surface area contributed by atoms with Crippen LogP contribution in [0, 0.1) is 12.3 Å². The molecule has 1 aromatic rings. The number of nitrogens with zero attached hydrogens (tertiary/aromatic N) is 2. The molecular formula is C14H11BrN2O3S2. The third-order valence-corrected chi connectivity index (χ3v) is 4.40. The van der Waals surface area contributed by atoms with Crippen molar-refractivity contribution in [1.82, 2.24) is 5.01 Å². The number of terminal acetylenes is 1. The summed E-state index contributed by atoms with van der Waals surface area (Å²) in [5, 5.41) is 5.32. The van der Waals surface area contributed by atoms with Crippen LogP contribution < -0.4 is 9.47 Å². The highest BCUT2D eigenvalue weighted by atomic mass is 79.9. The van der Waals surface area contributed by atoms with Gasteiger partial charge in [-0.15, -0.1) is 6.42 Å². The lowest BCUT2D eigenvalue weighted by Gasteiger charge is -2.13. The number of hydrogen-bond donors (Lipinski definition) is 0. The highest BCUT2D eigenvalue weighted by Crippen LogP contribution is 2.34. The monoisotopic (exact) mass is 398 g/mol. The maximum absolute atomic E-state index is 11.7. The van der Waals surface area contributed by atoms with Crippen molar-refractivity contribution in [2.24, 2.45) is 5.10 Å². The fourth-order valence-corrected chi connectivity index (χ4v) is 3.10. The lowest BCUT2D eigenvalue weighted by Crippen LogP contribution is -2.22. The molecule has 0 aliphatic carbocycles. The molecule has 1 aliphatic heterocycles. The first-order valence-electron chi connectivity index (χ1n) is 6.04. The van der Waals surface area contributed by atoms with Crippen molar-refractivity contribution >= 4 is 56.4 Å². The molecule has 1 saturated heterocycles. The molecule has 0 saturated carbocycles. The number of thioether (sulfide) groups is 1. The van der Waals surface area contributed by atoms with Crippen molar-refractivity contribution in [1.29, 1.82) is 0 Å². The SMILES string of the molecule is C#CCOc1c(/C=N/N2C(=O)CSC2=S)cc(Br)cc1OC. The smallest absolute Gasteiger partial charge is 0.259 e. The molecule has 0 aromatic heterocycles. The van der Waals surface area contributed by atoms with E-state index in [1.165, 1.54) is 30.1 Å². The van der Waals surface area contributed by atoms with Crippen LogP contribution in [0.15, 0.2) is 21.7 Å². The van der Waals surface area contributed by atoms with Gasteiger partial charge in [-0.25, -0.2) is 0 Å². The van der Waals surface area contributed by atoms with Crippen molar-refractivity contribution < 1.29 is 14.3 Å². The van der Waals surface area contributed by atoms with Crippen LogP contribution in [-0.2, 0) is 4.79 Å². The molecule has 2 rings (SSSR count). The Bertz CT molecular complexity index is 669. The number of thiocarbonyl (C=S) groups is 1. The first-order valence-corrected chi connectivity index (χ1v) is 8.23. The molecular weight excluding hydrogens is 388 g/mol. The van der Waals surface area contributed by atoms with Crippen LogP contribution in [-0.4, -0.2) is 40.9 Å². The van der Waals surface area contributed by atoms with E-state index in [2.05, 4.69) is 27.0 Å². The van der Waals surface area contributed by atoms with Gasteiger partial charge < -0.3 is 9.47 Å². The third kappa shape index (κ3) is 3.80. The number of amides is 1. The lowest BCUT2D eigenvalue weighted by atomic mass is 10.2. The number of rotatable bonds is 5. The van der Waals surface area contributed by atoms with Crippen LogP contribution in [0.1, 0.15) is 5.56 Å². The number of carbonyl (C=O) groups excluding carboxylic acids is 1. The first kappa shape index (κ1) is 16.8. The van der Waals surface area contributed by atoms with Gasteiger partial charge in [0.05, 0.1) is 19.1 Å². The summed E-state index contributed by atoms with van der Waals surface area (Å²) in [6.45, 7) is 0.0930. The normalized spacial score (nSPS) is 14.5. The summed E-state index contributed by atoms with van der Waals surface area (Å²) in [6.07, 6.45) is 6.72. The van der Waals surface area contributed by atoms with Crippen molar-refractivity contribution in [3.05, 3.63) is 22.2 Å². The van der Waals surface area contributed by atoms with Gasteiger partial charge in [0.15, 0.2) is 15.8 Å². The number of carbonyl (C=O) groups is 1. The molecule has 1 aliphatic rings. The minimum atomic E-state index is -0.153. The van der Waals surface area contributed by atoms with Gasteiger partial charge in [-0.3, -0.25) is 4.79 Å². The number of ether oxygens (including phenoxy) is 2. The van der Waals surface area contributed by atoms with Gasteiger partial charge in [0.25, 0.3) is 5.91 Å². The topological polar surface area (TPSA) is 51.1 Å². The average Bonchev–Trinajstić information content (AvgIpc) is 2.82. The molecule has 5 nitrogen and oxygen atoms in total. The van der Waals surface area contributed by atoms with Crippen molar-refractivity contribution in [3.8, 4) is 23.8 Å². The zero-order chi connectivity index (χ0) is 16.1. The largest absolute Gasteiger partial charge is 0.493 e. The quantitative estimate of drug-likeness (QED) is 0.433. The number of methoxy groups -OCH3 is 1. The van der Waals surface area contributed by atoms with E-state index < -0.39 is 0 Å². The summed E-state index contributed by atoms with van der Waals surface area (Å²) in [4.78, 5) is 11.7. The predicted octanol–water partition coefficient (Wildman–Crippen LogP) is 2.66. The van der Waals surface area contributed by atoms with Gasteiger partial charge >= 0.3 is 0 Å². The molecule has 0 spiro atoms. The lowest BCUT2D eigenvalue weighted by molar-refractivity contribution is -0.123. The zero-order valence-corrected chi connectivity index (χ0v) is 14.8. The van der Waals surface area contributed by atoms with Crippen molar-refractivity contribution in [2.75, 3.05) is 19.5 Å². The van der Waals surface area contributed by atoms with E-state index in [4.69, 9.17) is 28.1 Å². The molecule has 0 radical (unpaired) electrons. The molecule has 1 heterocycles. The minimum Gasteiger partial charge on any atom is -0.493 e. The van der Waals surface area contributed by atoms with E-state index in [-0.39, 0.29) is 12.5 Å². The van der Waals surface area contributed by atoms with Gasteiger partial charge in [-0.1, -0.05) is 45.8 Å². The van der Waals surface area contributed by atoms with Crippen molar-refractivity contribution in [3.63, 3.8) is 0 Å². The highest BCUT2D eigenvalue weighted by molar-refractivity contribution is 9.10.